The minimum absolute atomic E-state index is 0.605. The van der Waals surface area contributed by atoms with Crippen LogP contribution in [0, 0.1) is 0 Å². The Hall–Kier alpha value is -11.8. The Morgan fingerprint density at radius 1 is 0.195 bits per heavy atom. The van der Waals surface area contributed by atoms with E-state index in [0.717, 1.165) is 150 Å². The lowest BCUT2D eigenvalue weighted by Crippen LogP contribution is -2.12. The van der Waals surface area contributed by atoms with Crippen molar-refractivity contribution >= 4 is 65.4 Å². The molecule has 7 nitrogen and oxygen atoms in total. The Labute approximate surface area is 501 Å². The number of benzene rings is 12. The smallest absolute Gasteiger partial charge is 0.160 e. The molecule has 17 rings (SSSR count). The van der Waals surface area contributed by atoms with E-state index in [1.165, 1.54) is 0 Å². The number of nitrogens with zero attached hydrogens (tertiary/aromatic N) is 7. The summed E-state index contributed by atoms with van der Waals surface area (Å²) >= 11 is 0. The summed E-state index contributed by atoms with van der Waals surface area (Å²) in [4.78, 5) is 22.7. The summed E-state index contributed by atoms with van der Waals surface area (Å²) in [6.45, 7) is 0. The number of fused-ring (bicyclic) bond motifs is 9. The molecule has 0 N–H and O–H groups in total. The fourth-order valence-corrected chi connectivity index (χ4v) is 13.2. The number of hydrogen-bond acceptors (Lipinski definition) is 4. The molecule has 5 heterocycles. The fraction of sp³-hybridized carbons (Fsp3) is 0. The molecule has 0 unspecified atom stereocenters. The van der Waals surface area contributed by atoms with Crippen molar-refractivity contribution in [3.63, 3.8) is 0 Å². The average Bonchev–Trinajstić information content (AvgIpc) is 1.77. The highest BCUT2D eigenvalue weighted by molar-refractivity contribution is 6.16. The van der Waals surface area contributed by atoms with Gasteiger partial charge in [-0.25, -0.2) is 19.9 Å². The highest BCUT2D eigenvalue weighted by Crippen LogP contribution is 2.51. The zero-order valence-corrected chi connectivity index (χ0v) is 47.1. The molecule has 0 aliphatic carbocycles. The molecule has 7 heteroatoms. The maximum absolute atomic E-state index is 5.89. The van der Waals surface area contributed by atoms with Gasteiger partial charge in [-0.15, -0.1) is 0 Å². The lowest BCUT2D eigenvalue weighted by molar-refractivity contribution is 1.08. The molecule has 0 atom stereocenters. The van der Waals surface area contributed by atoms with Gasteiger partial charge in [0.05, 0.1) is 72.9 Å². The van der Waals surface area contributed by atoms with Crippen LogP contribution in [0.25, 0.3) is 161 Å². The van der Waals surface area contributed by atoms with E-state index in [4.69, 9.17) is 19.9 Å². The number of aromatic nitrogens is 7. The molecular formula is C80H51N7. The predicted octanol–water partition coefficient (Wildman–Crippen LogP) is 20.2. The molecule has 406 valence electrons. The number of hydrogen-bond donors (Lipinski definition) is 0. The standard InChI is InChI=1S/C80H51N7/c1-6-26-52(27-7-1)57-46-47-73-63(48-57)62-40-20-25-45-72(62)87(73)78-76(66-49-64(53-28-8-2-9-29-53)81-79(83-66)55-32-12-4-13-33-55)74(85-68-41-21-16-36-58(68)59-37-17-22-42-69(59)85)51-75(86-70-43-23-18-38-60(70)61-39-19-24-44-71(61)86)77(78)67-50-65(54-30-10-3-11-31-54)82-80(84-67)56-34-14-5-15-35-56/h1-51H. The van der Waals surface area contributed by atoms with Crippen molar-refractivity contribution in [1.82, 2.24) is 33.6 Å². The van der Waals surface area contributed by atoms with Crippen molar-refractivity contribution in [2.75, 3.05) is 0 Å². The molecule has 0 aliphatic rings. The van der Waals surface area contributed by atoms with Crippen LogP contribution in [0.2, 0.25) is 0 Å². The second-order valence-corrected chi connectivity index (χ2v) is 22.1. The minimum atomic E-state index is 0.605. The monoisotopic (exact) mass is 1110 g/mol. The first kappa shape index (κ1) is 49.8. The van der Waals surface area contributed by atoms with Crippen LogP contribution in [-0.4, -0.2) is 33.6 Å². The third-order valence-electron chi connectivity index (χ3n) is 17.1. The zero-order chi connectivity index (χ0) is 57.4. The van der Waals surface area contributed by atoms with Crippen LogP contribution in [-0.2, 0) is 0 Å². The molecule has 0 bridgehead atoms. The Balaban J connectivity index is 1.16. The molecule has 0 amide bonds. The van der Waals surface area contributed by atoms with E-state index in [1.54, 1.807) is 0 Å². The van der Waals surface area contributed by atoms with Gasteiger partial charge in [0.15, 0.2) is 11.6 Å². The van der Waals surface area contributed by atoms with Gasteiger partial charge in [0, 0.05) is 65.7 Å². The summed E-state index contributed by atoms with van der Waals surface area (Å²) in [6.07, 6.45) is 0. The first-order valence-electron chi connectivity index (χ1n) is 29.5. The Bertz CT molecular complexity index is 5010. The molecule has 0 fully saturated rings. The van der Waals surface area contributed by atoms with Crippen LogP contribution >= 0.6 is 0 Å². The lowest BCUT2D eigenvalue weighted by atomic mass is 9.94. The highest BCUT2D eigenvalue weighted by atomic mass is 15.1. The summed E-state index contributed by atoms with van der Waals surface area (Å²) < 4.78 is 7.46. The topological polar surface area (TPSA) is 66.3 Å². The Morgan fingerprint density at radius 2 is 0.494 bits per heavy atom. The Morgan fingerprint density at radius 3 is 0.885 bits per heavy atom. The van der Waals surface area contributed by atoms with Gasteiger partial charge in [-0.1, -0.05) is 249 Å². The third kappa shape index (κ3) is 8.27. The van der Waals surface area contributed by atoms with Crippen LogP contribution in [0.5, 0.6) is 0 Å². The van der Waals surface area contributed by atoms with Crippen LogP contribution in [0.4, 0.5) is 0 Å². The van der Waals surface area contributed by atoms with E-state index < -0.39 is 0 Å². The molecule has 12 aromatic carbocycles. The highest BCUT2D eigenvalue weighted by Gasteiger charge is 2.32. The van der Waals surface area contributed by atoms with E-state index in [9.17, 15) is 0 Å². The number of para-hydroxylation sites is 5. The van der Waals surface area contributed by atoms with Crippen LogP contribution in [0.15, 0.2) is 309 Å². The first-order chi connectivity index (χ1) is 43.2. The van der Waals surface area contributed by atoms with Gasteiger partial charge in [0.25, 0.3) is 0 Å². The lowest BCUT2D eigenvalue weighted by Gasteiger charge is -2.27. The van der Waals surface area contributed by atoms with E-state index >= 15 is 0 Å². The van der Waals surface area contributed by atoms with E-state index in [-0.39, 0.29) is 0 Å². The van der Waals surface area contributed by atoms with Crippen LogP contribution in [0.1, 0.15) is 0 Å². The summed E-state index contributed by atoms with van der Waals surface area (Å²) in [5.41, 5.74) is 19.8. The normalized spacial score (nSPS) is 11.7. The maximum atomic E-state index is 5.89. The van der Waals surface area contributed by atoms with Gasteiger partial charge in [-0.3, -0.25) is 0 Å². The molecule has 0 saturated carbocycles. The maximum Gasteiger partial charge on any atom is 0.160 e. The van der Waals surface area contributed by atoms with Gasteiger partial charge >= 0.3 is 0 Å². The summed E-state index contributed by atoms with van der Waals surface area (Å²) in [6, 6.07) is 110. The molecule has 0 radical (unpaired) electrons. The third-order valence-corrected chi connectivity index (χ3v) is 17.1. The first-order valence-corrected chi connectivity index (χ1v) is 29.5. The average molecular weight is 1110 g/mol. The van der Waals surface area contributed by atoms with Crippen LogP contribution in [0.3, 0.4) is 0 Å². The van der Waals surface area contributed by atoms with Gasteiger partial charge in [0.2, 0.25) is 0 Å². The molecule has 0 aliphatic heterocycles. The molecular weight excluding hydrogens is 1060 g/mol. The minimum Gasteiger partial charge on any atom is -0.308 e. The molecule has 0 saturated heterocycles. The Kier molecular flexibility index (Phi) is 11.7. The van der Waals surface area contributed by atoms with Crippen molar-refractivity contribution in [2.24, 2.45) is 0 Å². The van der Waals surface area contributed by atoms with E-state index in [2.05, 4.69) is 311 Å². The predicted molar refractivity (Wildman–Crippen MR) is 359 cm³/mol. The second-order valence-electron chi connectivity index (χ2n) is 22.1. The van der Waals surface area contributed by atoms with Crippen LogP contribution < -0.4 is 0 Å². The summed E-state index contributed by atoms with van der Waals surface area (Å²) in [5, 5.41) is 6.78. The quantitative estimate of drug-likeness (QED) is 0.137. The second kappa shape index (κ2) is 20.5. The fourth-order valence-electron chi connectivity index (χ4n) is 13.2. The van der Waals surface area contributed by atoms with Gasteiger partial charge in [-0.05, 0) is 71.8 Å². The van der Waals surface area contributed by atoms with Gasteiger partial charge < -0.3 is 13.7 Å². The van der Waals surface area contributed by atoms with Gasteiger partial charge in [0.1, 0.15) is 0 Å². The number of rotatable bonds is 10. The van der Waals surface area contributed by atoms with Gasteiger partial charge in [-0.2, -0.15) is 0 Å². The van der Waals surface area contributed by atoms with Crippen molar-refractivity contribution in [3.05, 3.63) is 309 Å². The summed E-state index contributed by atoms with van der Waals surface area (Å²) in [5.74, 6) is 1.21. The molecule has 87 heavy (non-hydrogen) atoms. The summed E-state index contributed by atoms with van der Waals surface area (Å²) in [7, 11) is 0. The van der Waals surface area contributed by atoms with Crippen molar-refractivity contribution < 1.29 is 0 Å². The van der Waals surface area contributed by atoms with E-state index in [0.29, 0.717) is 11.6 Å². The SMILES string of the molecule is c1ccc(-c2ccc3c(c2)c2ccccc2n3-c2c(-c3cc(-c4ccccc4)nc(-c4ccccc4)n3)c(-n3c4ccccc4c4ccccc43)cc(-n3c4ccccc4c4ccccc43)c2-c2cc(-c3ccccc3)nc(-c3ccccc3)n2)cc1. The molecule has 0 spiro atoms. The molecule has 5 aromatic heterocycles. The molecule has 17 aromatic rings. The van der Waals surface area contributed by atoms with Crippen molar-refractivity contribution in [1.29, 1.82) is 0 Å². The van der Waals surface area contributed by atoms with Crippen molar-refractivity contribution in [3.8, 4) is 96.0 Å². The van der Waals surface area contributed by atoms with Crippen molar-refractivity contribution in [2.45, 2.75) is 0 Å². The van der Waals surface area contributed by atoms with E-state index in [1.807, 2.05) is 12.1 Å². The largest absolute Gasteiger partial charge is 0.308 e. The zero-order valence-electron chi connectivity index (χ0n) is 47.1.